The lowest BCUT2D eigenvalue weighted by Gasteiger charge is -1.85. The molecule has 0 bridgehead atoms. The van der Waals surface area contributed by atoms with Crippen molar-refractivity contribution in [3.05, 3.63) is 0 Å². The minimum absolute atomic E-state index is 0.199. The first-order valence-corrected chi connectivity index (χ1v) is 1.51. The molecule has 0 amide bonds. The van der Waals surface area contributed by atoms with E-state index in [1.807, 2.05) is 0 Å². The summed E-state index contributed by atoms with van der Waals surface area (Å²) in [5.41, 5.74) is 0. The van der Waals surface area contributed by atoms with Crippen LogP contribution in [0.3, 0.4) is 0 Å². The molecule has 0 saturated heterocycles. The molecule has 0 aromatic heterocycles. The quantitative estimate of drug-likeness (QED) is 0.431. The Morgan fingerprint density at radius 3 is 2.80 bits per heavy atom. The van der Waals surface area contributed by atoms with Gasteiger partial charge in [0.25, 0.3) is 8.05 Å². The molecule has 0 aliphatic heterocycles. The highest BCUT2D eigenvalue weighted by molar-refractivity contribution is 5.97. The molecule has 0 N–H and O–H groups in total. The molecule has 1 unspecified atom stereocenters. The second kappa shape index (κ2) is 4.02. The Morgan fingerprint density at radius 1 is 2.20 bits per heavy atom. The van der Waals surface area contributed by atoms with Crippen LogP contribution in [-0.4, -0.2) is 14.7 Å². The van der Waals surface area contributed by atoms with Crippen LogP contribution in [0.5, 0.6) is 0 Å². The number of hydrogen-bond donors (Lipinski definition) is 0. The number of rotatable bonds is 2. The van der Waals surface area contributed by atoms with Gasteiger partial charge in [0.05, 0.1) is 0 Å². The Hall–Kier alpha value is 0.0249. The van der Waals surface area contributed by atoms with E-state index < -0.39 is 0 Å². The summed E-state index contributed by atoms with van der Waals surface area (Å²) in [6.45, 7) is 2.03. The minimum Gasteiger partial charge on any atom is -0.448 e. The molecule has 1 atom stereocenters. The predicted molar refractivity (Wildman–Crippen MR) is 22.0 cm³/mol. The van der Waals surface area contributed by atoms with Gasteiger partial charge in [-0.3, -0.25) is 0 Å². The van der Waals surface area contributed by atoms with Crippen LogP contribution in [0.25, 0.3) is 0 Å². The Kier molecular flexibility index (Phi) is 2.60. The molecule has 0 aliphatic rings. The molecule has 0 fully saturated rings. The minimum atomic E-state index is -0.199. The standard InChI is InChI=1S/C3H7BO/c1-2-3-5-4/h2-3H2,1H3/i2T. The van der Waals surface area contributed by atoms with Gasteiger partial charge in [0.1, 0.15) is 0 Å². The maximum atomic E-state index is 6.77. The summed E-state index contributed by atoms with van der Waals surface area (Å²) in [7, 11) is 4.61. The van der Waals surface area contributed by atoms with E-state index in [1.54, 1.807) is 6.92 Å². The molecular weight excluding hydrogens is 62.8 g/mol. The monoisotopic (exact) mass is 72.1 g/mol. The lowest BCUT2D eigenvalue weighted by atomic mass is 10.5. The van der Waals surface area contributed by atoms with Crippen LogP contribution in [0.2, 0.25) is 0 Å². The summed E-state index contributed by atoms with van der Waals surface area (Å²) in [5, 5.41) is 0. The van der Waals surface area contributed by atoms with E-state index in [-0.39, 0.29) is 6.40 Å². The van der Waals surface area contributed by atoms with Gasteiger partial charge in [-0.05, 0) is 6.40 Å². The average molecular weight is 71.9 g/mol. The van der Waals surface area contributed by atoms with Crippen LogP contribution in [0.4, 0.5) is 0 Å². The van der Waals surface area contributed by atoms with Gasteiger partial charge >= 0.3 is 0 Å². The van der Waals surface area contributed by atoms with Crippen LogP contribution in [0.15, 0.2) is 0 Å². The Balaban J connectivity index is 2.63. The molecular formula is C3H7BO. The van der Waals surface area contributed by atoms with E-state index in [1.165, 1.54) is 0 Å². The molecule has 0 aromatic rings. The lowest BCUT2D eigenvalue weighted by molar-refractivity contribution is 0.349. The topological polar surface area (TPSA) is 9.23 Å². The summed E-state index contributed by atoms with van der Waals surface area (Å²) >= 11 is 0. The molecule has 0 saturated carbocycles. The zero-order chi connectivity index (χ0) is 4.99. The molecule has 1 nitrogen and oxygen atoms in total. The highest BCUT2D eigenvalue weighted by atomic mass is 16.4. The second-order valence-corrected chi connectivity index (χ2v) is 0.742. The van der Waals surface area contributed by atoms with E-state index in [4.69, 9.17) is 1.37 Å². The maximum absolute atomic E-state index is 6.77. The predicted octanol–water partition coefficient (Wildman–Crippen LogP) is 0.496. The van der Waals surface area contributed by atoms with Crippen molar-refractivity contribution in [2.75, 3.05) is 6.61 Å². The third-order valence-corrected chi connectivity index (χ3v) is 0.263. The van der Waals surface area contributed by atoms with Crippen molar-refractivity contribution in [3.8, 4) is 0 Å². The summed E-state index contributed by atoms with van der Waals surface area (Å²) in [4.78, 5) is 0. The molecule has 2 heteroatoms. The normalized spacial score (nSPS) is 17.4. The summed E-state index contributed by atoms with van der Waals surface area (Å²) in [5.74, 6) is 0. The third-order valence-electron chi connectivity index (χ3n) is 0.263. The van der Waals surface area contributed by atoms with E-state index >= 15 is 0 Å². The molecule has 0 spiro atoms. The average Bonchev–Trinajstić information content (AvgIpc) is 1.35. The fourth-order valence-electron chi connectivity index (χ4n) is 0.0962. The Morgan fingerprint density at radius 2 is 2.80 bits per heavy atom. The third kappa shape index (κ3) is 4.02. The van der Waals surface area contributed by atoms with E-state index in [0.29, 0.717) is 6.61 Å². The Bertz CT molecular complexity index is 32.0. The summed E-state index contributed by atoms with van der Waals surface area (Å²) in [6.07, 6.45) is -0.199. The van der Waals surface area contributed by atoms with Crippen molar-refractivity contribution in [3.63, 3.8) is 0 Å². The van der Waals surface area contributed by atoms with E-state index in [0.717, 1.165) is 0 Å². The van der Waals surface area contributed by atoms with Crippen LogP contribution < -0.4 is 0 Å². The molecule has 5 heavy (non-hydrogen) atoms. The Labute approximate surface area is 35.2 Å². The fourth-order valence-corrected chi connectivity index (χ4v) is 0.0962. The fraction of sp³-hybridized carbons (Fsp3) is 1.00. The number of hydrogen-bond acceptors (Lipinski definition) is 1. The zero-order valence-electron chi connectivity index (χ0n) is 4.27. The van der Waals surface area contributed by atoms with Crippen molar-refractivity contribution in [2.45, 2.75) is 13.3 Å². The van der Waals surface area contributed by atoms with Crippen molar-refractivity contribution >= 4 is 8.05 Å². The van der Waals surface area contributed by atoms with Gasteiger partial charge < -0.3 is 4.65 Å². The van der Waals surface area contributed by atoms with Crippen LogP contribution >= 0.6 is 0 Å². The van der Waals surface area contributed by atoms with Gasteiger partial charge in [0.15, 0.2) is 0 Å². The zero-order valence-corrected chi connectivity index (χ0v) is 3.27. The van der Waals surface area contributed by atoms with Gasteiger partial charge in [-0.2, -0.15) is 0 Å². The molecule has 0 heterocycles. The molecule has 0 rings (SSSR count). The molecule has 0 aliphatic carbocycles. The lowest BCUT2D eigenvalue weighted by Crippen LogP contribution is -1.83. The van der Waals surface area contributed by atoms with Crippen molar-refractivity contribution in [1.29, 1.82) is 0 Å². The van der Waals surface area contributed by atoms with Gasteiger partial charge in [0.2, 0.25) is 0 Å². The molecule has 0 aromatic carbocycles. The second-order valence-electron chi connectivity index (χ2n) is 0.742. The van der Waals surface area contributed by atoms with Gasteiger partial charge in [-0.15, -0.1) is 0 Å². The first kappa shape index (κ1) is 3.22. The maximum Gasteiger partial charge on any atom is 0.282 e. The largest absolute Gasteiger partial charge is 0.448 e. The van der Waals surface area contributed by atoms with Gasteiger partial charge in [-0.1, -0.05) is 6.92 Å². The van der Waals surface area contributed by atoms with E-state index in [2.05, 4.69) is 12.7 Å². The molecule has 28 valence electrons. The van der Waals surface area contributed by atoms with E-state index in [9.17, 15) is 0 Å². The first-order chi connectivity index (χ1) is 2.77. The van der Waals surface area contributed by atoms with Crippen molar-refractivity contribution < 1.29 is 6.03 Å². The van der Waals surface area contributed by atoms with Gasteiger partial charge in [0, 0.05) is 7.98 Å². The van der Waals surface area contributed by atoms with Gasteiger partial charge in [-0.25, -0.2) is 0 Å². The smallest absolute Gasteiger partial charge is 0.282 e. The highest BCUT2D eigenvalue weighted by Crippen LogP contribution is 1.69. The first-order valence-electron chi connectivity index (χ1n) is 2.09. The van der Waals surface area contributed by atoms with Crippen molar-refractivity contribution in [2.24, 2.45) is 0 Å². The molecule has 2 radical (unpaired) electrons. The summed E-state index contributed by atoms with van der Waals surface area (Å²) in [6, 6.07) is 0. The van der Waals surface area contributed by atoms with Crippen molar-refractivity contribution in [1.82, 2.24) is 0 Å². The van der Waals surface area contributed by atoms with Crippen LogP contribution in [-0.2, 0) is 4.65 Å². The highest BCUT2D eigenvalue weighted by Gasteiger charge is 1.66. The SMILES string of the molecule is [3H]C(C)CO[B]. The summed E-state index contributed by atoms with van der Waals surface area (Å²) < 4.78 is 10.9. The van der Waals surface area contributed by atoms with Crippen LogP contribution in [0.1, 0.15) is 14.7 Å². The van der Waals surface area contributed by atoms with Crippen LogP contribution in [0, 0.1) is 0 Å².